The molecule has 0 saturated heterocycles. The molecule has 0 aliphatic heterocycles. The van der Waals surface area contributed by atoms with Gasteiger partial charge in [-0.15, -0.1) is 0 Å². The van der Waals surface area contributed by atoms with Crippen molar-refractivity contribution < 1.29 is 0 Å². The van der Waals surface area contributed by atoms with Gasteiger partial charge in [0.15, 0.2) is 0 Å². The molecule has 0 bridgehead atoms. The minimum Gasteiger partial charge on any atom is -0.309 e. The monoisotopic (exact) mass is 290 g/mol. The van der Waals surface area contributed by atoms with Gasteiger partial charge in [-0.3, -0.25) is 0 Å². The number of unbranched alkanes of at least 4 members (excludes halogenated alkanes) is 2. The SMILES string of the molecule is CCCCCN(C)CC(NCCC)c1cc(C)ccc1C. The fraction of sp³-hybridized carbons (Fsp3) is 0.684. The summed E-state index contributed by atoms with van der Waals surface area (Å²) in [6.07, 6.45) is 5.12. The van der Waals surface area contributed by atoms with E-state index in [1.165, 1.54) is 48.9 Å². The molecule has 1 aromatic rings. The maximum atomic E-state index is 3.73. The first-order chi connectivity index (χ1) is 10.1. The van der Waals surface area contributed by atoms with Crippen molar-refractivity contribution in [2.75, 3.05) is 26.7 Å². The van der Waals surface area contributed by atoms with Crippen molar-refractivity contribution in [1.29, 1.82) is 0 Å². The minimum absolute atomic E-state index is 0.441. The molecule has 120 valence electrons. The van der Waals surface area contributed by atoms with Gasteiger partial charge in [-0.25, -0.2) is 0 Å². The zero-order chi connectivity index (χ0) is 15.7. The molecule has 1 N–H and O–H groups in total. The van der Waals surface area contributed by atoms with Crippen LogP contribution in [0.4, 0.5) is 0 Å². The Morgan fingerprint density at radius 2 is 1.86 bits per heavy atom. The van der Waals surface area contributed by atoms with Crippen LogP contribution < -0.4 is 5.32 Å². The summed E-state index contributed by atoms with van der Waals surface area (Å²) in [4.78, 5) is 2.48. The summed E-state index contributed by atoms with van der Waals surface area (Å²) < 4.78 is 0. The highest BCUT2D eigenvalue weighted by Gasteiger charge is 2.15. The number of nitrogens with one attached hydrogen (secondary N) is 1. The molecule has 2 nitrogen and oxygen atoms in total. The summed E-state index contributed by atoms with van der Waals surface area (Å²) in [7, 11) is 2.25. The topological polar surface area (TPSA) is 15.3 Å². The minimum atomic E-state index is 0.441. The average molecular weight is 290 g/mol. The lowest BCUT2D eigenvalue weighted by molar-refractivity contribution is 0.284. The number of hydrogen-bond donors (Lipinski definition) is 1. The zero-order valence-corrected chi connectivity index (χ0v) is 14.7. The molecular formula is C19H34N2. The lowest BCUT2D eigenvalue weighted by Crippen LogP contribution is -2.34. The third-order valence-electron chi connectivity index (χ3n) is 4.09. The molecule has 0 aliphatic carbocycles. The van der Waals surface area contributed by atoms with Crippen LogP contribution in [0.1, 0.15) is 62.3 Å². The molecule has 2 heteroatoms. The summed E-state index contributed by atoms with van der Waals surface area (Å²) in [5.74, 6) is 0. The molecule has 0 aliphatic rings. The van der Waals surface area contributed by atoms with E-state index >= 15 is 0 Å². The van der Waals surface area contributed by atoms with Gasteiger partial charge >= 0.3 is 0 Å². The smallest absolute Gasteiger partial charge is 0.0451 e. The Bertz CT molecular complexity index is 401. The largest absolute Gasteiger partial charge is 0.309 e. The number of rotatable bonds is 10. The van der Waals surface area contributed by atoms with Crippen LogP contribution in [-0.4, -0.2) is 31.6 Å². The van der Waals surface area contributed by atoms with Crippen LogP contribution in [-0.2, 0) is 0 Å². The Kier molecular flexibility index (Phi) is 8.63. The Morgan fingerprint density at radius 1 is 1.10 bits per heavy atom. The quantitative estimate of drug-likeness (QED) is 0.640. The first-order valence-corrected chi connectivity index (χ1v) is 8.57. The fourth-order valence-electron chi connectivity index (χ4n) is 2.76. The van der Waals surface area contributed by atoms with Crippen LogP contribution in [0.3, 0.4) is 0 Å². The summed E-state index contributed by atoms with van der Waals surface area (Å²) >= 11 is 0. The van der Waals surface area contributed by atoms with Crippen LogP contribution in [0.25, 0.3) is 0 Å². The summed E-state index contributed by atoms with van der Waals surface area (Å²) in [6.45, 7) is 12.3. The molecule has 1 aromatic carbocycles. The van der Waals surface area contributed by atoms with Crippen molar-refractivity contribution >= 4 is 0 Å². The van der Waals surface area contributed by atoms with E-state index in [0.717, 1.165) is 13.1 Å². The van der Waals surface area contributed by atoms with Gasteiger partial charge in [-0.05, 0) is 58.0 Å². The molecule has 0 spiro atoms. The molecule has 1 rings (SSSR count). The Hall–Kier alpha value is -0.860. The van der Waals surface area contributed by atoms with Crippen molar-refractivity contribution in [3.8, 4) is 0 Å². The Balaban J connectivity index is 2.72. The first-order valence-electron chi connectivity index (χ1n) is 8.57. The predicted octanol–water partition coefficient (Wildman–Crippen LogP) is 4.47. The van der Waals surface area contributed by atoms with Crippen molar-refractivity contribution in [3.05, 3.63) is 34.9 Å². The molecule has 0 fully saturated rings. The zero-order valence-electron chi connectivity index (χ0n) is 14.7. The van der Waals surface area contributed by atoms with Crippen molar-refractivity contribution in [1.82, 2.24) is 10.2 Å². The number of hydrogen-bond acceptors (Lipinski definition) is 2. The van der Waals surface area contributed by atoms with Crippen LogP contribution in [0.5, 0.6) is 0 Å². The van der Waals surface area contributed by atoms with E-state index in [1.54, 1.807) is 0 Å². The van der Waals surface area contributed by atoms with E-state index in [0.29, 0.717) is 6.04 Å². The average Bonchev–Trinajstić information content (AvgIpc) is 2.46. The van der Waals surface area contributed by atoms with Gasteiger partial charge in [0.25, 0.3) is 0 Å². The summed E-state index contributed by atoms with van der Waals surface area (Å²) in [5.41, 5.74) is 4.22. The van der Waals surface area contributed by atoms with Gasteiger partial charge in [0.05, 0.1) is 0 Å². The molecule has 0 amide bonds. The normalized spacial score (nSPS) is 12.9. The van der Waals surface area contributed by atoms with Gasteiger partial charge in [0.1, 0.15) is 0 Å². The molecule has 0 heterocycles. The maximum Gasteiger partial charge on any atom is 0.0451 e. The van der Waals surface area contributed by atoms with Crippen LogP contribution in [0.15, 0.2) is 18.2 Å². The number of nitrogens with zero attached hydrogens (tertiary/aromatic N) is 1. The highest BCUT2D eigenvalue weighted by molar-refractivity contribution is 5.33. The Morgan fingerprint density at radius 3 is 2.52 bits per heavy atom. The third-order valence-corrected chi connectivity index (χ3v) is 4.09. The number of aryl methyl sites for hydroxylation is 2. The highest BCUT2D eigenvalue weighted by atomic mass is 15.1. The van der Waals surface area contributed by atoms with E-state index in [4.69, 9.17) is 0 Å². The summed E-state index contributed by atoms with van der Waals surface area (Å²) in [6, 6.07) is 7.25. The van der Waals surface area contributed by atoms with E-state index in [-0.39, 0.29) is 0 Å². The van der Waals surface area contributed by atoms with Crippen molar-refractivity contribution in [2.45, 2.75) is 59.4 Å². The first kappa shape index (κ1) is 18.2. The number of benzene rings is 1. The van der Waals surface area contributed by atoms with E-state index < -0.39 is 0 Å². The van der Waals surface area contributed by atoms with Gasteiger partial charge < -0.3 is 10.2 Å². The van der Waals surface area contributed by atoms with Crippen LogP contribution in [0.2, 0.25) is 0 Å². The van der Waals surface area contributed by atoms with Crippen LogP contribution >= 0.6 is 0 Å². The van der Waals surface area contributed by atoms with Crippen LogP contribution in [0, 0.1) is 13.8 Å². The molecule has 0 aromatic heterocycles. The third kappa shape index (κ3) is 6.62. The molecular weight excluding hydrogens is 256 g/mol. The molecule has 0 radical (unpaired) electrons. The van der Waals surface area contributed by atoms with E-state index in [1.807, 2.05) is 0 Å². The second-order valence-corrected chi connectivity index (χ2v) is 6.34. The van der Waals surface area contributed by atoms with E-state index in [9.17, 15) is 0 Å². The summed E-state index contributed by atoms with van der Waals surface area (Å²) in [5, 5.41) is 3.73. The molecule has 0 saturated carbocycles. The predicted molar refractivity (Wildman–Crippen MR) is 94.0 cm³/mol. The fourth-order valence-corrected chi connectivity index (χ4v) is 2.76. The van der Waals surface area contributed by atoms with Crippen molar-refractivity contribution in [2.24, 2.45) is 0 Å². The molecule has 1 atom stereocenters. The second kappa shape index (κ2) is 9.97. The van der Waals surface area contributed by atoms with Crippen molar-refractivity contribution in [3.63, 3.8) is 0 Å². The second-order valence-electron chi connectivity index (χ2n) is 6.34. The van der Waals surface area contributed by atoms with Gasteiger partial charge in [-0.1, -0.05) is 50.5 Å². The van der Waals surface area contributed by atoms with E-state index in [2.05, 4.69) is 63.2 Å². The lowest BCUT2D eigenvalue weighted by atomic mass is 9.98. The lowest BCUT2D eigenvalue weighted by Gasteiger charge is -2.27. The Labute approximate surface area is 131 Å². The highest BCUT2D eigenvalue weighted by Crippen LogP contribution is 2.20. The molecule has 21 heavy (non-hydrogen) atoms. The maximum absolute atomic E-state index is 3.73. The number of likely N-dealkylation sites (N-methyl/N-ethyl adjacent to an activating group) is 1. The standard InChI is InChI=1S/C19H34N2/c1-6-8-9-13-21(5)15-19(20-12-7-2)18-14-16(3)10-11-17(18)4/h10-11,14,19-20H,6-9,12-13,15H2,1-5H3. The van der Waals surface area contributed by atoms with Gasteiger partial charge in [0, 0.05) is 12.6 Å². The van der Waals surface area contributed by atoms with Gasteiger partial charge in [0.2, 0.25) is 0 Å². The van der Waals surface area contributed by atoms with Gasteiger partial charge in [-0.2, -0.15) is 0 Å². The molecule has 1 unspecified atom stereocenters.